The van der Waals surface area contributed by atoms with Crippen molar-refractivity contribution in [1.29, 1.82) is 0 Å². The molecule has 0 radical (unpaired) electrons. The minimum Gasteiger partial charge on any atom is -0.359 e. The number of carbonyl (C=O) groups excluding carboxylic acids is 1. The topological polar surface area (TPSA) is 59.2 Å². The Hall–Kier alpha value is -2.47. The second-order valence-electron chi connectivity index (χ2n) is 5.30. The van der Waals surface area contributed by atoms with Gasteiger partial charge in [-0.2, -0.15) is 11.3 Å². The van der Waals surface area contributed by atoms with E-state index in [9.17, 15) is 4.79 Å². The molecule has 3 heterocycles. The highest BCUT2D eigenvalue weighted by Gasteiger charge is 2.13. The highest BCUT2D eigenvalue weighted by Crippen LogP contribution is 2.18. The number of aromatic nitrogens is 2. The fraction of sp³-hybridized carbons (Fsp3) is 0.235. The van der Waals surface area contributed by atoms with Gasteiger partial charge < -0.3 is 9.42 Å². The van der Waals surface area contributed by atoms with Crippen LogP contribution in [-0.4, -0.2) is 28.0 Å². The highest BCUT2D eigenvalue weighted by atomic mass is 32.1. The molecule has 0 aliphatic rings. The predicted octanol–water partition coefficient (Wildman–Crippen LogP) is 3.39. The molecule has 3 rings (SSSR count). The molecular formula is C17H17N3O2S. The number of nitrogens with zero attached hydrogens (tertiary/aromatic N) is 3. The van der Waals surface area contributed by atoms with Gasteiger partial charge in [-0.15, -0.1) is 0 Å². The Bertz CT molecular complexity index is 753. The molecule has 0 saturated carbocycles. The molecule has 6 heteroatoms. The molecule has 118 valence electrons. The third-order valence-corrected chi connectivity index (χ3v) is 4.27. The van der Waals surface area contributed by atoms with Crippen LogP contribution < -0.4 is 0 Å². The summed E-state index contributed by atoms with van der Waals surface area (Å²) in [6.07, 6.45) is 4.71. The lowest BCUT2D eigenvalue weighted by molar-refractivity contribution is -0.130. The fourth-order valence-corrected chi connectivity index (χ4v) is 2.94. The SMILES string of the molecule is CN(Cc1cc(-c2cccnc2)no1)C(=O)CCc1ccsc1. The predicted molar refractivity (Wildman–Crippen MR) is 88.8 cm³/mol. The summed E-state index contributed by atoms with van der Waals surface area (Å²) in [6.45, 7) is 0.412. The molecule has 23 heavy (non-hydrogen) atoms. The minimum absolute atomic E-state index is 0.0931. The van der Waals surface area contributed by atoms with Crippen LogP contribution in [-0.2, 0) is 17.8 Å². The summed E-state index contributed by atoms with van der Waals surface area (Å²) in [4.78, 5) is 17.9. The number of pyridine rings is 1. The number of hydrogen-bond donors (Lipinski definition) is 0. The molecular weight excluding hydrogens is 310 g/mol. The Morgan fingerprint density at radius 2 is 2.30 bits per heavy atom. The average Bonchev–Trinajstić information content (AvgIpc) is 3.25. The van der Waals surface area contributed by atoms with Crippen LogP contribution in [0.3, 0.4) is 0 Å². The van der Waals surface area contributed by atoms with Crippen molar-refractivity contribution in [2.24, 2.45) is 0 Å². The molecule has 1 amide bonds. The smallest absolute Gasteiger partial charge is 0.223 e. The van der Waals surface area contributed by atoms with Crippen molar-refractivity contribution < 1.29 is 9.32 Å². The van der Waals surface area contributed by atoms with Gasteiger partial charge in [-0.25, -0.2) is 0 Å². The largest absolute Gasteiger partial charge is 0.359 e. The van der Waals surface area contributed by atoms with Crippen LogP contribution in [0.2, 0.25) is 0 Å². The van der Waals surface area contributed by atoms with E-state index in [0.29, 0.717) is 18.7 Å². The first kappa shape index (κ1) is 15.4. The van der Waals surface area contributed by atoms with E-state index in [2.05, 4.69) is 21.6 Å². The molecule has 0 fully saturated rings. The van der Waals surface area contributed by atoms with Crippen molar-refractivity contribution >= 4 is 17.2 Å². The molecule has 0 atom stereocenters. The van der Waals surface area contributed by atoms with Crippen molar-refractivity contribution in [2.45, 2.75) is 19.4 Å². The van der Waals surface area contributed by atoms with Gasteiger partial charge >= 0.3 is 0 Å². The summed E-state index contributed by atoms with van der Waals surface area (Å²) >= 11 is 1.65. The summed E-state index contributed by atoms with van der Waals surface area (Å²) in [5, 5.41) is 8.13. The van der Waals surface area contributed by atoms with Gasteiger partial charge in [0.1, 0.15) is 5.69 Å². The maximum Gasteiger partial charge on any atom is 0.223 e. The summed E-state index contributed by atoms with van der Waals surface area (Å²) in [7, 11) is 1.78. The van der Waals surface area contributed by atoms with Crippen LogP contribution in [0.25, 0.3) is 11.3 Å². The van der Waals surface area contributed by atoms with Crippen molar-refractivity contribution in [1.82, 2.24) is 15.0 Å². The number of hydrogen-bond acceptors (Lipinski definition) is 5. The van der Waals surface area contributed by atoms with Crippen LogP contribution in [0.1, 0.15) is 17.7 Å². The van der Waals surface area contributed by atoms with E-state index in [1.54, 1.807) is 35.7 Å². The van der Waals surface area contributed by atoms with Gasteiger partial charge in [0.25, 0.3) is 0 Å². The second-order valence-corrected chi connectivity index (χ2v) is 6.08. The summed E-state index contributed by atoms with van der Waals surface area (Å²) in [6, 6.07) is 7.67. The zero-order valence-corrected chi connectivity index (χ0v) is 13.6. The zero-order valence-electron chi connectivity index (χ0n) is 12.8. The van der Waals surface area contributed by atoms with Crippen molar-refractivity contribution in [2.75, 3.05) is 7.05 Å². The molecule has 0 aliphatic heterocycles. The van der Waals surface area contributed by atoms with Crippen molar-refractivity contribution in [3.05, 3.63) is 58.7 Å². The Balaban J connectivity index is 1.56. The number of carbonyl (C=O) groups is 1. The van der Waals surface area contributed by atoms with E-state index in [1.807, 2.05) is 23.6 Å². The van der Waals surface area contributed by atoms with Crippen LogP contribution in [0.4, 0.5) is 0 Å². The van der Waals surface area contributed by atoms with E-state index >= 15 is 0 Å². The maximum absolute atomic E-state index is 12.2. The number of rotatable bonds is 6. The molecule has 0 unspecified atom stereocenters. The van der Waals surface area contributed by atoms with Crippen molar-refractivity contribution in [3.8, 4) is 11.3 Å². The Kier molecular flexibility index (Phi) is 4.83. The standard InChI is InChI=1S/C17H17N3O2S/c1-20(17(21)5-4-13-6-8-23-12-13)11-15-9-16(19-22-15)14-3-2-7-18-10-14/h2-3,6-10,12H,4-5,11H2,1H3. The quantitative estimate of drug-likeness (QED) is 0.696. The lowest BCUT2D eigenvalue weighted by Gasteiger charge is -2.14. The van der Waals surface area contributed by atoms with Gasteiger partial charge in [-0.1, -0.05) is 5.16 Å². The molecule has 0 aromatic carbocycles. The van der Waals surface area contributed by atoms with Gasteiger partial charge in [-0.3, -0.25) is 9.78 Å². The fourth-order valence-electron chi connectivity index (χ4n) is 2.24. The van der Waals surface area contributed by atoms with Crippen molar-refractivity contribution in [3.63, 3.8) is 0 Å². The Morgan fingerprint density at radius 1 is 1.39 bits per heavy atom. The molecule has 0 saturated heterocycles. The van der Waals surface area contributed by atoms with Gasteiger partial charge in [-0.05, 0) is 40.9 Å². The van der Waals surface area contributed by atoms with E-state index in [1.165, 1.54) is 5.56 Å². The first-order valence-corrected chi connectivity index (χ1v) is 8.27. The molecule has 3 aromatic rings. The van der Waals surface area contributed by atoms with E-state index < -0.39 is 0 Å². The van der Waals surface area contributed by atoms with Crippen LogP contribution in [0, 0.1) is 0 Å². The third kappa shape index (κ3) is 4.04. The lowest BCUT2D eigenvalue weighted by Crippen LogP contribution is -2.26. The molecule has 3 aromatic heterocycles. The van der Waals surface area contributed by atoms with E-state index in [4.69, 9.17) is 4.52 Å². The number of thiophene rings is 1. The molecule has 0 spiro atoms. The molecule has 0 bridgehead atoms. The number of aryl methyl sites for hydroxylation is 1. The van der Waals surface area contributed by atoms with Gasteiger partial charge in [0.05, 0.1) is 6.54 Å². The normalized spacial score (nSPS) is 10.7. The van der Waals surface area contributed by atoms with Crippen LogP contribution in [0.5, 0.6) is 0 Å². The van der Waals surface area contributed by atoms with Crippen LogP contribution in [0.15, 0.2) is 51.9 Å². The maximum atomic E-state index is 12.2. The lowest BCUT2D eigenvalue weighted by atomic mass is 10.2. The molecule has 0 N–H and O–H groups in total. The Morgan fingerprint density at radius 3 is 3.04 bits per heavy atom. The summed E-state index contributed by atoms with van der Waals surface area (Å²) in [5.74, 6) is 0.755. The molecule has 5 nitrogen and oxygen atoms in total. The third-order valence-electron chi connectivity index (χ3n) is 3.54. The summed E-state index contributed by atoms with van der Waals surface area (Å²) < 4.78 is 5.32. The van der Waals surface area contributed by atoms with E-state index in [-0.39, 0.29) is 5.91 Å². The van der Waals surface area contributed by atoms with Gasteiger partial charge in [0.2, 0.25) is 5.91 Å². The van der Waals surface area contributed by atoms with E-state index in [0.717, 1.165) is 17.7 Å². The highest BCUT2D eigenvalue weighted by molar-refractivity contribution is 7.07. The Labute approximate surface area is 138 Å². The monoisotopic (exact) mass is 327 g/mol. The zero-order chi connectivity index (χ0) is 16.1. The van der Waals surface area contributed by atoms with Gasteiger partial charge in [0, 0.05) is 37.5 Å². The average molecular weight is 327 g/mol. The minimum atomic E-state index is 0.0931. The van der Waals surface area contributed by atoms with Crippen LogP contribution >= 0.6 is 11.3 Å². The van der Waals surface area contributed by atoms with Gasteiger partial charge in [0.15, 0.2) is 5.76 Å². The first-order valence-electron chi connectivity index (χ1n) is 7.33. The first-order chi connectivity index (χ1) is 11.2. The summed E-state index contributed by atoms with van der Waals surface area (Å²) in [5.41, 5.74) is 2.83. The number of amides is 1. The molecule has 0 aliphatic carbocycles. The second kappa shape index (κ2) is 7.19.